The number of fused-ring (bicyclic) bond motifs is 1. The Kier molecular flexibility index (Phi) is 2.49. The van der Waals surface area contributed by atoms with Gasteiger partial charge in [0.25, 0.3) is 0 Å². The first-order chi connectivity index (χ1) is 7.13. The molecule has 15 heavy (non-hydrogen) atoms. The quantitative estimate of drug-likeness (QED) is 0.705. The predicted molar refractivity (Wildman–Crippen MR) is 57.7 cm³/mol. The van der Waals surface area contributed by atoms with E-state index >= 15 is 0 Å². The van der Waals surface area contributed by atoms with Crippen molar-refractivity contribution in [2.75, 3.05) is 7.11 Å². The maximum Gasteiger partial charge on any atom is 0.335 e. The molecule has 3 heteroatoms. The van der Waals surface area contributed by atoms with Crippen molar-refractivity contribution in [1.29, 1.82) is 0 Å². The lowest BCUT2D eigenvalue weighted by molar-refractivity contribution is 0.00530. The first kappa shape index (κ1) is 10.2. The summed E-state index contributed by atoms with van der Waals surface area (Å²) >= 11 is 0. The Morgan fingerprint density at radius 2 is 2.27 bits per heavy atom. The van der Waals surface area contributed by atoms with Crippen molar-refractivity contribution in [2.24, 2.45) is 0 Å². The molecule has 1 aromatic heterocycles. The van der Waals surface area contributed by atoms with Gasteiger partial charge in [0.2, 0.25) is 0 Å². The lowest BCUT2D eigenvalue weighted by Gasteiger charge is -2.25. The molecule has 0 N–H and O–H groups in total. The number of hydrogen-bond donors (Lipinski definition) is 0. The van der Waals surface area contributed by atoms with Crippen LogP contribution in [0, 0.1) is 0 Å². The van der Waals surface area contributed by atoms with Gasteiger partial charge in [-0.3, -0.25) is 0 Å². The molecule has 3 nitrogen and oxygen atoms in total. The molecule has 0 saturated heterocycles. The van der Waals surface area contributed by atoms with E-state index in [0.29, 0.717) is 12.2 Å². The van der Waals surface area contributed by atoms with Gasteiger partial charge in [0.1, 0.15) is 5.76 Å². The van der Waals surface area contributed by atoms with Gasteiger partial charge in [0.05, 0.1) is 5.60 Å². The van der Waals surface area contributed by atoms with Crippen LogP contribution in [0.3, 0.4) is 0 Å². The van der Waals surface area contributed by atoms with Crippen molar-refractivity contribution < 1.29 is 9.15 Å². The average molecular weight is 206 g/mol. The standard InChI is InChI=1S/C12H14O3/c1-12(14-2)7-3-4-9-5-6-11(13)15-10(9)8-12/h3-6H,7-8H2,1-2H3. The van der Waals surface area contributed by atoms with Gasteiger partial charge in [-0.05, 0) is 19.4 Å². The lowest BCUT2D eigenvalue weighted by Crippen LogP contribution is -2.29. The summed E-state index contributed by atoms with van der Waals surface area (Å²) in [5.74, 6) is 0.709. The zero-order valence-electron chi connectivity index (χ0n) is 8.95. The van der Waals surface area contributed by atoms with E-state index < -0.39 is 0 Å². The first-order valence-electron chi connectivity index (χ1n) is 4.98. The van der Waals surface area contributed by atoms with Crippen molar-refractivity contribution in [3.63, 3.8) is 0 Å². The van der Waals surface area contributed by atoms with Crippen molar-refractivity contribution in [3.8, 4) is 0 Å². The molecule has 0 aromatic carbocycles. The Labute approximate surface area is 88.4 Å². The molecule has 0 saturated carbocycles. The van der Waals surface area contributed by atoms with E-state index in [1.807, 2.05) is 13.0 Å². The van der Waals surface area contributed by atoms with Crippen molar-refractivity contribution in [3.05, 3.63) is 40.0 Å². The molecule has 0 spiro atoms. The Balaban J connectivity index is 2.46. The van der Waals surface area contributed by atoms with Crippen LogP contribution in [-0.2, 0) is 11.2 Å². The SMILES string of the molecule is COC1(C)CC=Cc2ccc(=O)oc2C1. The molecule has 80 valence electrons. The number of hydrogen-bond acceptors (Lipinski definition) is 3. The van der Waals surface area contributed by atoms with E-state index in [1.165, 1.54) is 6.07 Å². The summed E-state index contributed by atoms with van der Waals surface area (Å²) in [6.07, 6.45) is 5.47. The van der Waals surface area contributed by atoms with Crippen LogP contribution in [0.25, 0.3) is 6.08 Å². The molecule has 1 atom stereocenters. The van der Waals surface area contributed by atoms with Gasteiger partial charge in [0.15, 0.2) is 0 Å². The summed E-state index contributed by atoms with van der Waals surface area (Å²) in [7, 11) is 1.68. The van der Waals surface area contributed by atoms with Crippen LogP contribution in [-0.4, -0.2) is 12.7 Å². The lowest BCUT2D eigenvalue weighted by atomic mass is 9.97. The highest BCUT2D eigenvalue weighted by Gasteiger charge is 2.27. The molecule has 2 rings (SSSR count). The van der Waals surface area contributed by atoms with Gasteiger partial charge in [-0.25, -0.2) is 4.79 Å². The summed E-state index contributed by atoms with van der Waals surface area (Å²) in [6, 6.07) is 3.23. The van der Waals surface area contributed by atoms with E-state index in [2.05, 4.69) is 6.08 Å². The van der Waals surface area contributed by atoms with Gasteiger partial charge in [-0.2, -0.15) is 0 Å². The zero-order valence-corrected chi connectivity index (χ0v) is 8.95. The van der Waals surface area contributed by atoms with Gasteiger partial charge < -0.3 is 9.15 Å². The van der Waals surface area contributed by atoms with Gasteiger partial charge >= 0.3 is 5.63 Å². The summed E-state index contributed by atoms with van der Waals surface area (Å²) in [4.78, 5) is 11.1. The molecule has 1 heterocycles. The molecule has 1 aliphatic rings. The van der Waals surface area contributed by atoms with Crippen LogP contribution < -0.4 is 5.63 Å². The molecule has 0 bridgehead atoms. The summed E-state index contributed by atoms with van der Waals surface area (Å²) in [5, 5.41) is 0. The minimum absolute atomic E-state index is 0.279. The van der Waals surface area contributed by atoms with E-state index in [9.17, 15) is 4.79 Å². The number of methoxy groups -OCH3 is 1. The monoisotopic (exact) mass is 206 g/mol. The molecule has 0 radical (unpaired) electrons. The summed E-state index contributed by atoms with van der Waals surface area (Å²) in [6.45, 7) is 2.01. The fourth-order valence-electron chi connectivity index (χ4n) is 1.75. The highest BCUT2D eigenvalue weighted by Crippen LogP contribution is 2.27. The highest BCUT2D eigenvalue weighted by atomic mass is 16.5. The third-order valence-electron chi connectivity index (χ3n) is 2.82. The van der Waals surface area contributed by atoms with Gasteiger partial charge in [-0.1, -0.05) is 12.2 Å². The van der Waals surface area contributed by atoms with E-state index in [-0.39, 0.29) is 11.2 Å². The second kappa shape index (κ2) is 3.66. The Hall–Kier alpha value is -1.35. The maximum absolute atomic E-state index is 11.1. The molecular formula is C12H14O3. The van der Waals surface area contributed by atoms with Crippen LogP contribution in [0.4, 0.5) is 0 Å². The fraction of sp³-hybridized carbons (Fsp3) is 0.417. The van der Waals surface area contributed by atoms with Crippen molar-refractivity contribution in [2.45, 2.75) is 25.4 Å². The van der Waals surface area contributed by atoms with Crippen LogP contribution in [0.1, 0.15) is 24.7 Å². The molecular weight excluding hydrogens is 192 g/mol. The number of ether oxygens (including phenoxy) is 1. The van der Waals surface area contributed by atoms with E-state index in [1.54, 1.807) is 13.2 Å². The molecule has 0 fully saturated rings. The Morgan fingerprint density at radius 1 is 1.47 bits per heavy atom. The Morgan fingerprint density at radius 3 is 3.00 bits per heavy atom. The second-order valence-electron chi connectivity index (χ2n) is 4.07. The minimum atomic E-state index is -0.303. The van der Waals surface area contributed by atoms with Crippen LogP contribution in [0.2, 0.25) is 0 Å². The van der Waals surface area contributed by atoms with Gasteiger partial charge in [-0.15, -0.1) is 0 Å². The van der Waals surface area contributed by atoms with Crippen LogP contribution in [0.15, 0.2) is 27.4 Å². The van der Waals surface area contributed by atoms with Crippen LogP contribution >= 0.6 is 0 Å². The second-order valence-corrected chi connectivity index (χ2v) is 4.07. The maximum atomic E-state index is 11.1. The van der Waals surface area contributed by atoms with Crippen molar-refractivity contribution in [1.82, 2.24) is 0 Å². The number of rotatable bonds is 1. The first-order valence-corrected chi connectivity index (χ1v) is 4.98. The third-order valence-corrected chi connectivity index (χ3v) is 2.82. The smallest absolute Gasteiger partial charge is 0.335 e. The molecule has 0 amide bonds. The molecule has 1 aromatic rings. The zero-order chi connectivity index (χ0) is 10.9. The fourth-order valence-corrected chi connectivity index (χ4v) is 1.75. The molecule has 1 unspecified atom stereocenters. The normalized spacial score (nSPS) is 24.7. The molecule has 0 aliphatic heterocycles. The third kappa shape index (κ3) is 2.02. The topological polar surface area (TPSA) is 39.4 Å². The minimum Gasteiger partial charge on any atom is -0.427 e. The van der Waals surface area contributed by atoms with E-state index in [0.717, 1.165) is 12.0 Å². The molecule has 1 aliphatic carbocycles. The van der Waals surface area contributed by atoms with Gasteiger partial charge in [0, 0.05) is 25.2 Å². The van der Waals surface area contributed by atoms with Crippen molar-refractivity contribution >= 4 is 6.08 Å². The summed E-state index contributed by atoms with van der Waals surface area (Å²) < 4.78 is 10.6. The summed E-state index contributed by atoms with van der Waals surface area (Å²) in [5.41, 5.74) is 0.386. The average Bonchev–Trinajstić information content (AvgIpc) is 2.36. The van der Waals surface area contributed by atoms with Crippen LogP contribution in [0.5, 0.6) is 0 Å². The highest BCUT2D eigenvalue weighted by molar-refractivity contribution is 5.52. The van der Waals surface area contributed by atoms with E-state index in [4.69, 9.17) is 9.15 Å². The largest absolute Gasteiger partial charge is 0.427 e. The predicted octanol–water partition coefficient (Wildman–Crippen LogP) is 2.00. The Bertz CT molecular complexity index is 444.